The molecule has 0 radical (unpaired) electrons. The normalized spacial score (nSPS) is 14.4. The number of benzene rings is 6. The number of anilines is 4. The Balaban J connectivity index is 1.12. The first kappa shape index (κ1) is 38.9. The summed E-state index contributed by atoms with van der Waals surface area (Å²) in [7, 11) is 0. The van der Waals surface area contributed by atoms with E-state index >= 15 is 0 Å². The minimum Gasteiger partial charge on any atom is -0.317 e. The van der Waals surface area contributed by atoms with Gasteiger partial charge in [-0.3, -0.25) is 0 Å². The zero-order chi connectivity index (χ0) is 40.6. The average molecular weight is 765 g/mol. The first-order valence-electron chi connectivity index (χ1n) is 20.8. The maximum atomic E-state index is 4.10. The molecule has 0 N–H and O–H groups in total. The second-order valence-electron chi connectivity index (χ2n) is 15.5. The summed E-state index contributed by atoms with van der Waals surface area (Å²) in [5, 5.41) is 0. The monoisotopic (exact) mass is 764 g/mol. The lowest BCUT2D eigenvalue weighted by Gasteiger charge is -2.31. The highest BCUT2D eigenvalue weighted by atomic mass is 15.2. The van der Waals surface area contributed by atoms with Crippen LogP contribution in [0.15, 0.2) is 235 Å². The Labute approximate surface area is 351 Å². The van der Waals surface area contributed by atoms with Gasteiger partial charge >= 0.3 is 0 Å². The van der Waals surface area contributed by atoms with Crippen LogP contribution in [0, 0.1) is 6.92 Å². The molecule has 0 saturated heterocycles. The molecule has 0 aliphatic heterocycles. The summed E-state index contributed by atoms with van der Waals surface area (Å²) in [6.07, 6.45) is 19.7. The van der Waals surface area contributed by atoms with Crippen molar-refractivity contribution in [3.05, 3.63) is 246 Å². The Morgan fingerprint density at radius 1 is 0.525 bits per heavy atom. The smallest absolute Gasteiger partial charge is 0.0458 e. The van der Waals surface area contributed by atoms with Gasteiger partial charge < -0.3 is 9.80 Å². The molecule has 6 aromatic rings. The molecule has 0 saturated carbocycles. The number of hydrogen-bond donors (Lipinski definition) is 0. The van der Waals surface area contributed by atoms with Gasteiger partial charge in [-0.05, 0) is 151 Å². The van der Waals surface area contributed by atoms with Crippen LogP contribution in [0.25, 0.3) is 27.8 Å². The Morgan fingerprint density at radius 2 is 1.02 bits per heavy atom. The molecular weight excluding hydrogens is 713 g/mol. The van der Waals surface area contributed by atoms with Gasteiger partial charge in [-0.1, -0.05) is 157 Å². The van der Waals surface area contributed by atoms with Crippen molar-refractivity contribution >= 4 is 28.3 Å². The van der Waals surface area contributed by atoms with Gasteiger partial charge in [0.25, 0.3) is 0 Å². The molecule has 0 heterocycles. The van der Waals surface area contributed by atoms with Gasteiger partial charge in [0.2, 0.25) is 0 Å². The fraction of sp³-hybridized carbons (Fsp3) is 0.123. The molecule has 0 amide bonds. The van der Waals surface area contributed by atoms with Crippen molar-refractivity contribution in [1.29, 1.82) is 0 Å². The van der Waals surface area contributed by atoms with Gasteiger partial charge in [-0.25, -0.2) is 0 Å². The first-order valence-corrected chi connectivity index (χ1v) is 20.8. The third-order valence-corrected chi connectivity index (χ3v) is 11.3. The topological polar surface area (TPSA) is 6.48 Å². The molecule has 290 valence electrons. The molecular formula is C57H52N2. The molecule has 0 unspecified atom stereocenters. The highest BCUT2D eigenvalue weighted by Crippen LogP contribution is 2.39. The molecule has 2 aliphatic carbocycles. The lowest BCUT2D eigenvalue weighted by atomic mass is 9.87. The van der Waals surface area contributed by atoms with E-state index in [1.54, 1.807) is 0 Å². The van der Waals surface area contributed by atoms with Gasteiger partial charge in [0.15, 0.2) is 0 Å². The van der Waals surface area contributed by atoms with Crippen LogP contribution in [0.3, 0.4) is 0 Å². The maximum absolute atomic E-state index is 4.10. The second kappa shape index (κ2) is 18.1. The highest BCUT2D eigenvalue weighted by Gasteiger charge is 2.20. The third-order valence-electron chi connectivity index (χ3n) is 11.3. The predicted octanol–water partition coefficient (Wildman–Crippen LogP) is 16.0. The summed E-state index contributed by atoms with van der Waals surface area (Å²) in [5.41, 5.74) is 19.5. The number of rotatable bonds is 12. The predicted molar refractivity (Wildman–Crippen MR) is 254 cm³/mol. The highest BCUT2D eigenvalue weighted by molar-refractivity contribution is 5.86. The number of nitrogens with zero attached hydrogens (tertiary/aromatic N) is 2. The molecule has 0 bridgehead atoms. The third kappa shape index (κ3) is 8.98. The van der Waals surface area contributed by atoms with Gasteiger partial charge in [0.05, 0.1) is 0 Å². The van der Waals surface area contributed by atoms with Crippen molar-refractivity contribution < 1.29 is 0 Å². The van der Waals surface area contributed by atoms with Crippen LogP contribution in [0.5, 0.6) is 0 Å². The number of allylic oxidation sites excluding steroid dienone is 12. The maximum Gasteiger partial charge on any atom is 0.0458 e. The van der Waals surface area contributed by atoms with E-state index in [2.05, 4.69) is 231 Å². The van der Waals surface area contributed by atoms with E-state index in [0.717, 1.165) is 42.6 Å². The SMILES string of the molecule is C=C/C=C(\C=C/N(c1ccc(-c2ccccc2)cc1)c1ccc(-c2ccc(N(C3=C(C)C=C(C)CC3)c3ccc(C)cc3)cc2)cc1)C1=CCCC=C1c1ccccc1. The Morgan fingerprint density at radius 3 is 1.56 bits per heavy atom. The number of aryl methyl sites for hydroxylation is 1. The van der Waals surface area contributed by atoms with E-state index in [1.807, 2.05) is 6.08 Å². The summed E-state index contributed by atoms with van der Waals surface area (Å²) >= 11 is 0. The summed E-state index contributed by atoms with van der Waals surface area (Å²) < 4.78 is 0. The molecule has 0 spiro atoms. The second-order valence-corrected chi connectivity index (χ2v) is 15.5. The lowest BCUT2D eigenvalue weighted by molar-refractivity contribution is 0.856. The fourth-order valence-corrected chi connectivity index (χ4v) is 8.22. The Kier molecular flexibility index (Phi) is 12.0. The summed E-state index contributed by atoms with van der Waals surface area (Å²) in [6, 6.07) is 57.0. The van der Waals surface area contributed by atoms with Crippen LogP contribution in [0.1, 0.15) is 50.7 Å². The lowest BCUT2D eigenvalue weighted by Crippen LogP contribution is -2.19. The molecule has 0 fully saturated rings. The Bertz CT molecular complexity index is 2580. The van der Waals surface area contributed by atoms with Crippen molar-refractivity contribution in [2.75, 3.05) is 9.80 Å². The van der Waals surface area contributed by atoms with Crippen molar-refractivity contribution in [1.82, 2.24) is 0 Å². The van der Waals surface area contributed by atoms with Gasteiger partial charge in [-0.2, -0.15) is 0 Å². The average Bonchev–Trinajstić information content (AvgIpc) is 3.29. The van der Waals surface area contributed by atoms with Crippen molar-refractivity contribution in [2.24, 2.45) is 0 Å². The van der Waals surface area contributed by atoms with Crippen LogP contribution in [-0.4, -0.2) is 0 Å². The van der Waals surface area contributed by atoms with Gasteiger partial charge in [0.1, 0.15) is 0 Å². The molecule has 8 rings (SSSR count). The zero-order valence-corrected chi connectivity index (χ0v) is 34.5. The summed E-state index contributed by atoms with van der Waals surface area (Å²) in [5.74, 6) is 0. The minimum atomic E-state index is 1.01. The van der Waals surface area contributed by atoms with Crippen molar-refractivity contribution in [3.63, 3.8) is 0 Å². The van der Waals surface area contributed by atoms with Gasteiger partial charge in [-0.15, -0.1) is 0 Å². The summed E-state index contributed by atoms with van der Waals surface area (Å²) in [4.78, 5) is 4.72. The summed E-state index contributed by atoms with van der Waals surface area (Å²) in [6.45, 7) is 10.7. The van der Waals surface area contributed by atoms with Crippen LogP contribution in [0.2, 0.25) is 0 Å². The van der Waals surface area contributed by atoms with Crippen LogP contribution < -0.4 is 9.80 Å². The van der Waals surface area contributed by atoms with E-state index < -0.39 is 0 Å². The molecule has 6 aromatic carbocycles. The Hall–Kier alpha value is -6.90. The van der Waals surface area contributed by atoms with E-state index in [9.17, 15) is 0 Å². The molecule has 2 nitrogen and oxygen atoms in total. The van der Waals surface area contributed by atoms with Crippen LogP contribution >= 0.6 is 0 Å². The van der Waals surface area contributed by atoms with E-state index in [-0.39, 0.29) is 0 Å². The molecule has 0 aromatic heterocycles. The molecule has 2 aliphatic rings. The first-order chi connectivity index (χ1) is 28.9. The molecule has 59 heavy (non-hydrogen) atoms. The van der Waals surface area contributed by atoms with Crippen LogP contribution in [-0.2, 0) is 0 Å². The molecule has 0 atom stereocenters. The fourth-order valence-electron chi connectivity index (χ4n) is 8.22. The minimum absolute atomic E-state index is 1.01. The molecule has 2 heteroatoms. The van der Waals surface area contributed by atoms with E-state index in [1.165, 1.54) is 72.7 Å². The quantitative estimate of drug-likeness (QED) is 0.115. The van der Waals surface area contributed by atoms with E-state index in [0.29, 0.717) is 0 Å². The van der Waals surface area contributed by atoms with Crippen molar-refractivity contribution in [3.8, 4) is 22.3 Å². The van der Waals surface area contributed by atoms with Crippen LogP contribution in [0.4, 0.5) is 22.7 Å². The zero-order valence-electron chi connectivity index (χ0n) is 34.5. The standard InChI is InChI=1S/C57H52N2/c1-5-14-49(55-19-12-13-20-56(55)50-17-10-7-11-18-50)39-40-58(51-32-24-46(25-33-51)45-15-8-6-9-16-45)52-34-26-47(27-35-52)48-28-36-54(37-29-48)59(53-30-21-42(2)22-31-53)57-38-23-43(3)41-44(57)4/h5-11,14-22,24-37,39-41H,1,12-13,23,38H2,2-4H3/b40-39-,49-14+. The van der Waals surface area contributed by atoms with E-state index in [4.69, 9.17) is 0 Å². The van der Waals surface area contributed by atoms with Crippen molar-refractivity contribution in [2.45, 2.75) is 46.5 Å². The largest absolute Gasteiger partial charge is 0.317 e. The van der Waals surface area contributed by atoms with Gasteiger partial charge in [0, 0.05) is 34.6 Å². The number of hydrogen-bond acceptors (Lipinski definition) is 2.